The number of nitrogens with one attached hydrogen (secondary N) is 1. The highest BCUT2D eigenvalue weighted by Gasteiger charge is 2.00. The van der Waals surface area contributed by atoms with Crippen molar-refractivity contribution in [1.29, 1.82) is 5.26 Å². The predicted molar refractivity (Wildman–Crippen MR) is 72.0 cm³/mol. The van der Waals surface area contributed by atoms with Gasteiger partial charge < -0.3 is 14.8 Å². The summed E-state index contributed by atoms with van der Waals surface area (Å²) in [5.41, 5.74) is 1.37. The van der Waals surface area contributed by atoms with E-state index in [9.17, 15) is 0 Å². The van der Waals surface area contributed by atoms with Crippen LogP contribution in [0.1, 0.15) is 12.0 Å². The molecule has 0 bridgehead atoms. The van der Waals surface area contributed by atoms with Crippen molar-refractivity contribution in [2.45, 2.75) is 6.42 Å². The summed E-state index contributed by atoms with van der Waals surface area (Å²) in [6.45, 7) is 2.75. The van der Waals surface area contributed by atoms with E-state index in [1.807, 2.05) is 12.1 Å². The number of rotatable bonds is 8. The van der Waals surface area contributed by atoms with Crippen molar-refractivity contribution in [2.24, 2.45) is 0 Å². The third-order valence-corrected chi connectivity index (χ3v) is 2.61. The van der Waals surface area contributed by atoms with Crippen LogP contribution in [0.25, 0.3) is 0 Å². The molecule has 98 valence electrons. The molecule has 0 aromatic heterocycles. The topological polar surface area (TPSA) is 54.3 Å². The highest BCUT2D eigenvalue weighted by molar-refractivity contribution is 6.32. The average Bonchev–Trinajstić information content (AvgIpc) is 2.38. The van der Waals surface area contributed by atoms with E-state index in [0.717, 1.165) is 18.7 Å². The summed E-state index contributed by atoms with van der Waals surface area (Å²) in [6.07, 6.45) is 0.902. The first-order valence-electron chi connectivity index (χ1n) is 5.78. The minimum absolute atomic E-state index is 0.462. The molecule has 0 heterocycles. The summed E-state index contributed by atoms with van der Waals surface area (Å²) in [5.74, 6) is 0. The largest absolute Gasteiger partial charge is 0.385 e. The van der Waals surface area contributed by atoms with Crippen LogP contribution in [0, 0.1) is 11.3 Å². The number of halogens is 1. The molecule has 1 rings (SSSR count). The van der Waals surface area contributed by atoms with Gasteiger partial charge in [0.25, 0.3) is 0 Å². The lowest BCUT2D eigenvalue weighted by atomic mass is 10.2. The average molecular weight is 269 g/mol. The SMILES string of the molecule is COCCCOCCNc1ccc(C#N)c(Cl)c1. The zero-order chi connectivity index (χ0) is 13.2. The minimum atomic E-state index is 0.462. The maximum atomic E-state index is 8.74. The van der Waals surface area contributed by atoms with E-state index in [1.165, 1.54) is 0 Å². The van der Waals surface area contributed by atoms with E-state index in [-0.39, 0.29) is 0 Å². The van der Waals surface area contributed by atoms with Crippen LogP contribution in [0.15, 0.2) is 18.2 Å². The Morgan fingerprint density at radius 1 is 1.33 bits per heavy atom. The van der Waals surface area contributed by atoms with Crippen molar-refractivity contribution in [3.63, 3.8) is 0 Å². The lowest BCUT2D eigenvalue weighted by molar-refractivity contribution is 0.109. The summed E-state index contributed by atoms with van der Waals surface area (Å²) in [4.78, 5) is 0. The maximum absolute atomic E-state index is 8.74. The minimum Gasteiger partial charge on any atom is -0.385 e. The van der Waals surface area contributed by atoms with Gasteiger partial charge in [-0.05, 0) is 24.6 Å². The first-order chi connectivity index (χ1) is 8.77. The van der Waals surface area contributed by atoms with Crippen LogP contribution in [-0.4, -0.2) is 33.5 Å². The molecule has 5 heteroatoms. The van der Waals surface area contributed by atoms with Crippen LogP contribution in [0.2, 0.25) is 5.02 Å². The van der Waals surface area contributed by atoms with Crippen molar-refractivity contribution in [1.82, 2.24) is 0 Å². The first-order valence-corrected chi connectivity index (χ1v) is 6.16. The van der Waals surface area contributed by atoms with Gasteiger partial charge in [-0.15, -0.1) is 0 Å². The number of anilines is 1. The highest BCUT2D eigenvalue weighted by atomic mass is 35.5. The zero-order valence-electron chi connectivity index (χ0n) is 10.4. The van der Waals surface area contributed by atoms with Crippen molar-refractivity contribution >= 4 is 17.3 Å². The molecule has 0 saturated heterocycles. The Bertz CT molecular complexity index is 404. The zero-order valence-corrected chi connectivity index (χ0v) is 11.2. The number of nitriles is 1. The standard InChI is InChI=1S/C13H17ClN2O2/c1-17-6-2-7-18-8-5-16-12-4-3-11(10-15)13(14)9-12/h3-4,9,16H,2,5-8H2,1H3. The molecule has 4 nitrogen and oxygen atoms in total. The summed E-state index contributed by atoms with van der Waals surface area (Å²) in [7, 11) is 1.68. The van der Waals surface area contributed by atoms with Crippen LogP contribution >= 0.6 is 11.6 Å². The van der Waals surface area contributed by atoms with Gasteiger partial charge in [0.2, 0.25) is 0 Å². The van der Waals surface area contributed by atoms with Gasteiger partial charge in [-0.25, -0.2) is 0 Å². The fourth-order valence-electron chi connectivity index (χ4n) is 1.39. The molecule has 0 unspecified atom stereocenters. The smallest absolute Gasteiger partial charge is 0.101 e. The molecule has 0 amide bonds. The van der Waals surface area contributed by atoms with Crippen LogP contribution < -0.4 is 5.32 Å². The molecule has 1 aromatic carbocycles. The summed E-state index contributed by atoms with van der Waals surface area (Å²) >= 11 is 5.92. The molecule has 0 radical (unpaired) electrons. The fraction of sp³-hybridized carbons (Fsp3) is 0.462. The summed E-state index contributed by atoms with van der Waals surface area (Å²) < 4.78 is 10.3. The van der Waals surface area contributed by atoms with Gasteiger partial charge in [0.15, 0.2) is 0 Å². The fourth-order valence-corrected chi connectivity index (χ4v) is 1.61. The number of ether oxygens (including phenoxy) is 2. The normalized spacial score (nSPS) is 10.1. The van der Waals surface area contributed by atoms with Gasteiger partial charge in [-0.2, -0.15) is 5.26 Å². The Labute approximate surface area is 112 Å². The number of hydrogen-bond donors (Lipinski definition) is 1. The summed E-state index contributed by atoms with van der Waals surface area (Å²) in [6, 6.07) is 7.29. The lowest BCUT2D eigenvalue weighted by Crippen LogP contribution is -2.10. The third kappa shape index (κ3) is 5.37. The van der Waals surface area contributed by atoms with E-state index < -0.39 is 0 Å². The molecule has 0 fully saturated rings. The van der Waals surface area contributed by atoms with Gasteiger partial charge in [0.05, 0.1) is 17.2 Å². The molecule has 18 heavy (non-hydrogen) atoms. The molecule has 1 aromatic rings. The Hall–Kier alpha value is -1.28. The Balaban J connectivity index is 2.20. The quantitative estimate of drug-likeness (QED) is 0.737. The van der Waals surface area contributed by atoms with Crippen LogP contribution in [0.3, 0.4) is 0 Å². The highest BCUT2D eigenvalue weighted by Crippen LogP contribution is 2.19. The molecule has 0 saturated carbocycles. The van der Waals surface area contributed by atoms with Crippen molar-refractivity contribution in [3.05, 3.63) is 28.8 Å². The number of hydrogen-bond acceptors (Lipinski definition) is 4. The molecule has 0 atom stereocenters. The van der Waals surface area contributed by atoms with Crippen LogP contribution in [0.5, 0.6) is 0 Å². The number of benzene rings is 1. The predicted octanol–water partition coefficient (Wildman–Crippen LogP) is 2.68. The maximum Gasteiger partial charge on any atom is 0.101 e. The van der Waals surface area contributed by atoms with E-state index in [2.05, 4.69) is 5.32 Å². The summed E-state index contributed by atoms with van der Waals surface area (Å²) in [5, 5.41) is 12.4. The Kier molecular flexibility index (Phi) is 7.19. The van der Waals surface area contributed by atoms with Gasteiger partial charge in [-0.3, -0.25) is 0 Å². The van der Waals surface area contributed by atoms with E-state index in [0.29, 0.717) is 30.3 Å². The van der Waals surface area contributed by atoms with E-state index in [4.69, 9.17) is 26.3 Å². The molecule has 0 spiro atoms. The molecule has 1 N–H and O–H groups in total. The van der Waals surface area contributed by atoms with Gasteiger partial charge >= 0.3 is 0 Å². The molecular formula is C13H17ClN2O2. The molecule has 0 aliphatic rings. The number of nitrogens with zero attached hydrogens (tertiary/aromatic N) is 1. The number of methoxy groups -OCH3 is 1. The van der Waals surface area contributed by atoms with Crippen molar-refractivity contribution in [2.75, 3.05) is 38.8 Å². The van der Waals surface area contributed by atoms with Gasteiger partial charge in [-0.1, -0.05) is 11.6 Å². The second kappa shape index (κ2) is 8.76. The van der Waals surface area contributed by atoms with Crippen LogP contribution in [-0.2, 0) is 9.47 Å². The monoisotopic (exact) mass is 268 g/mol. The molecular weight excluding hydrogens is 252 g/mol. The van der Waals surface area contributed by atoms with Gasteiger partial charge in [0.1, 0.15) is 6.07 Å². The second-order valence-corrected chi connectivity index (χ2v) is 4.10. The lowest BCUT2D eigenvalue weighted by Gasteiger charge is -2.08. The van der Waals surface area contributed by atoms with Gasteiger partial charge in [0, 0.05) is 32.6 Å². The van der Waals surface area contributed by atoms with E-state index in [1.54, 1.807) is 19.2 Å². The molecule has 0 aliphatic carbocycles. The van der Waals surface area contributed by atoms with Crippen molar-refractivity contribution < 1.29 is 9.47 Å². The second-order valence-electron chi connectivity index (χ2n) is 3.69. The van der Waals surface area contributed by atoms with E-state index >= 15 is 0 Å². The first kappa shape index (κ1) is 14.8. The Morgan fingerprint density at radius 2 is 2.17 bits per heavy atom. The van der Waals surface area contributed by atoms with Crippen molar-refractivity contribution in [3.8, 4) is 6.07 Å². The third-order valence-electron chi connectivity index (χ3n) is 2.30. The van der Waals surface area contributed by atoms with Crippen LogP contribution in [0.4, 0.5) is 5.69 Å². The Morgan fingerprint density at radius 3 is 2.83 bits per heavy atom. The molecule has 0 aliphatic heterocycles.